The zero-order valence-electron chi connectivity index (χ0n) is 38.8. The average Bonchev–Trinajstić information content (AvgIpc) is 3.16. The van der Waals surface area contributed by atoms with Gasteiger partial charge in [-0.25, -0.2) is 4.79 Å². The summed E-state index contributed by atoms with van der Waals surface area (Å²) >= 11 is 0. The fourth-order valence-corrected chi connectivity index (χ4v) is 7.36. The molecule has 0 saturated carbocycles. The van der Waals surface area contributed by atoms with Gasteiger partial charge in [-0.2, -0.15) is 0 Å². The van der Waals surface area contributed by atoms with E-state index in [1.807, 2.05) is 20.8 Å². The second-order valence-electron chi connectivity index (χ2n) is 17.9. The van der Waals surface area contributed by atoms with E-state index in [-0.39, 0.29) is 24.1 Å². The lowest BCUT2D eigenvalue weighted by Crippen LogP contribution is -2.38. The Morgan fingerprint density at radius 2 is 0.895 bits per heavy atom. The van der Waals surface area contributed by atoms with E-state index in [0.717, 1.165) is 96.7 Å². The van der Waals surface area contributed by atoms with E-state index in [1.54, 1.807) is 0 Å². The predicted molar refractivity (Wildman–Crippen MR) is 241 cm³/mol. The minimum absolute atomic E-state index is 0.00537. The first-order valence-corrected chi connectivity index (χ1v) is 24.7. The highest BCUT2D eigenvalue weighted by Gasteiger charge is 2.17. The number of carbonyl (C=O) groups excluding carboxylic acids is 3. The molecule has 0 saturated heterocycles. The van der Waals surface area contributed by atoms with Crippen LogP contribution in [0.25, 0.3) is 0 Å². The maximum atomic E-state index is 12.8. The van der Waals surface area contributed by atoms with Crippen LogP contribution in [0, 0.1) is 0 Å². The third-order valence-electron chi connectivity index (χ3n) is 10.9. The lowest BCUT2D eigenvalue weighted by atomic mass is 10.0. The van der Waals surface area contributed by atoms with Crippen LogP contribution in [0.15, 0.2) is 0 Å². The number of carbonyl (C=O) groups is 3. The molecule has 0 rings (SSSR count). The van der Waals surface area contributed by atoms with Gasteiger partial charge in [-0.15, -0.1) is 0 Å². The second-order valence-corrected chi connectivity index (χ2v) is 17.9. The average molecular weight is 809 g/mol. The summed E-state index contributed by atoms with van der Waals surface area (Å²) in [6.07, 6.45) is 37.5. The second kappa shape index (κ2) is 40.9. The van der Waals surface area contributed by atoms with Gasteiger partial charge in [0.15, 0.2) is 0 Å². The first-order chi connectivity index (χ1) is 27.6. The van der Waals surface area contributed by atoms with Gasteiger partial charge in [0.2, 0.25) is 0 Å². The number of hydrogen-bond donors (Lipinski definition) is 1. The molecule has 0 fully saturated rings. The molecule has 0 atom stereocenters. The van der Waals surface area contributed by atoms with Crippen LogP contribution < -0.4 is 5.32 Å². The molecule has 0 aromatic rings. The van der Waals surface area contributed by atoms with E-state index in [4.69, 9.17) is 14.2 Å². The SMILES string of the molecule is CCCCCCCCCCCC(=O)OCCCCCN(CCCCCCCC(=O)OC(CCCCCCCC)CCCCCCCC)CCNC(=O)OC(C)(C)C. The highest BCUT2D eigenvalue weighted by Crippen LogP contribution is 2.19. The van der Waals surface area contributed by atoms with Crippen molar-refractivity contribution in [3.05, 3.63) is 0 Å². The van der Waals surface area contributed by atoms with Crippen LogP contribution >= 0.6 is 0 Å². The summed E-state index contributed by atoms with van der Waals surface area (Å²) in [6, 6.07) is 0. The number of nitrogens with one attached hydrogen (secondary N) is 1. The molecule has 8 heteroatoms. The molecule has 0 heterocycles. The molecule has 0 unspecified atom stereocenters. The number of unbranched alkanes of at least 4 members (excludes halogenated alkanes) is 24. The Bertz CT molecular complexity index is 891. The lowest BCUT2D eigenvalue weighted by molar-refractivity contribution is -0.150. The summed E-state index contributed by atoms with van der Waals surface area (Å²) in [6.45, 7) is 16.1. The van der Waals surface area contributed by atoms with E-state index in [2.05, 4.69) is 31.0 Å². The van der Waals surface area contributed by atoms with Gasteiger partial charge >= 0.3 is 18.0 Å². The van der Waals surface area contributed by atoms with Crippen LogP contribution in [-0.4, -0.2) is 67.4 Å². The summed E-state index contributed by atoms with van der Waals surface area (Å²) in [5.41, 5.74) is -0.514. The smallest absolute Gasteiger partial charge is 0.407 e. The summed E-state index contributed by atoms with van der Waals surface area (Å²) < 4.78 is 17.0. The molecule has 0 aliphatic rings. The van der Waals surface area contributed by atoms with Crippen LogP contribution in [0.5, 0.6) is 0 Å². The van der Waals surface area contributed by atoms with E-state index in [1.165, 1.54) is 122 Å². The van der Waals surface area contributed by atoms with Crippen molar-refractivity contribution < 1.29 is 28.6 Å². The third-order valence-corrected chi connectivity index (χ3v) is 10.9. The van der Waals surface area contributed by atoms with Crippen molar-refractivity contribution in [3.8, 4) is 0 Å². The van der Waals surface area contributed by atoms with Gasteiger partial charge < -0.3 is 24.4 Å². The van der Waals surface area contributed by atoms with Crippen LogP contribution in [0.3, 0.4) is 0 Å². The number of esters is 2. The number of amides is 1. The first kappa shape index (κ1) is 55.2. The number of ether oxygens (including phenoxy) is 3. The van der Waals surface area contributed by atoms with Crippen LogP contribution in [0.2, 0.25) is 0 Å². The molecule has 0 aliphatic heterocycles. The molecular weight excluding hydrogens is 713 g/mol. The molecular formula is C49H96N2O6. The summed E-state index contributed by atoms with van der Waals surface area (Å²) in [5.74, 6) is -0.0601. The third kappa shape index (κ3) is 42.1. The van der Waals surface area contributed by atoms with E-state index >= 15 is 0 Å². The van der Waals surface area contributed by atoms with Crippen molar-refractivity contribution >= 4 is 18.0 Å². The Hall–Kier alpha value is -1.83. The molecule has 0 bridgehead atoms. The van der Waals surface area contributed by atoms with Gasteiger partial charge in [0.05, 0.1) is 6.61 Å². The minimum Gasteiger partial charge on any atom is -0.466 e. The fourth-order valence-electron chi connectivity index (χ4n) is 7.36. The highest BCUT2D eigenvalue weighted by atomic mass is 16.6. The van der Waals surface area contributed by atoms with Gasteiger partial charge in [0.25, 0.3) is 0 Å². The van der Waals surface area contributed by atoms with Crippen molar-refractivity contribution in [2.45, 2.75) is 265 Å². The van der Waals surface area contributed by atoms with Crippen molar-refractivity contribution in [1.29, 1.82) is 0 Å². The Morgan fingerprint density at radius 3 is 1.37 bits per heavy atom. The number of nitrogens with zero attached hydrogens (tertiary/aromatic N) is 1. The zero-order valence-corrected chi connectivity index (χ0v) is 38.8. The summed E-state index contributed by atoms with van der Waals surface area (Å²) in [7, 11) is 0. The van der Waals surface area contributed by atoms with Crippen LogP contribution in [-0.2, 0) is 23.8 Å². The molecule has 1 N–H and O–H groups in total. The molecule has 8 nitrogen and oxygen atoms in total. The van der Waals surface area contributed by atoms with Crippen LogP contribution in [0.1, 0.15) is 253 Å². The zero-order chi connectivity index (χ0) is 42.1. The molecule has 57 heavy (non-hydrogen) atoms. The maximum absolute atomic E-state index is 12.8. The van der Waals surface area contributed by atoms with Crippen molar-refractivity contribution in [3.63, 3.8) is 0 Å². The number of hydrogen-bond acceptors (Lipinski definition) is 7. The van der Waals surface area contributed by atoms with Crippen molar-refractivity contribution in [2.24, 2.45) is 0 Å². The maximum Gasteiger partial charge on any atom is 0.407 e. The fraction of sp³-hybridized carbons (Fsp3) is 0.939. The Morgan fingerprint density at radius 1 is 0.491 bits per heavy atom. The Balaban J connectivity index is 4.43. The molecule has 0 radical (unpaired) electrons. The molecule has 338 valence electrons. The normalized spacial score (nSPS) is 11.7. The molecule has 0 aromatic carbocycles. The number of alkyl carbamates (subject to hydrolysis) is 1. The molecule has 0 aliphatic carbocycles. The summed E-state index contributed by atoms with van der Waals surface area (Å²) in [4.78, 5) is 39.6. The number of rotatable bonds is 42. The van der Waals surface area contributed by atoms with E-state index in [9.17, 15) is 14.4 Å². The van der Waals surface area contributed by atoms with Crippen molar-refractivity contribution in [2.75, 3.05) is 32.8 Å². The standard InChI is InChI=1S/C49H96N2O6/c1-7-10-13-16-19-20-21-25-31-38-46(52)55-44-35-28-34-42-51(43-40-50-48(54)57-49(4,5)6)41-33-27-22-26-32-39-47(53)56-45(36-29-23-17-14-11-8-2)37-30-24-18-15-12-9-3/h45H,7-44H2,1-6H3,(H,50,54). The van der Waals surface area contributed by atoms with Gasteiger partial charge in [0.1, 0.15) is 11.7 Å². The van der Waals surface area contributed by atoms with Crippen LogP contribution in [0.4, 0.5) is 4.79 Å². The Labute approximate surface area is 353 Å². The van der Waals surface area contributed by atoms with Crippen molar-refractivity contribution in [1.82, 2.24) is 10.2 Å². The van der Waals surface area contributed by atoms with E-state index in [0.29, 0.717) is 26.0 Å². The van der Waals surface area contributed by atoms with E-state index < -0.39 is 5.60 Å². The first-order valence-electron chi connectivity index (χ1n) is 24.7. The van der Waals surface area contributed by atoms with Gasteiger partial charge in [0, 0.05) is 25.9 Å². The monoisotopic (exact) mass is 809 g/mol. The topological polar surface area (TPSA) is 94.2 Å². The van der Waals surface area contributed by atoms with Gasteiger partial charge in [-0.1, -0.05) is 156 Å². The predicted octanol–water partition coefficient (Wildman–Crippen LogP) is 14.2. The lowest BCUT2D eigenvalue weighted by Gasteiger charge is -2.24. The van der Waals surface area contributed by atoms with Gasteiger partial charge in [-0.05, 0) is 98.1 Å². The summed E-state index contributed by atoms with van der Waals surface area (Å²) in [5, 5.41) is 2.91. The van der Waals surface area contributed by atoms with Gasteiger partial charge in [-0.3, -0.25) is 9.59 Å². The molecule has 0 spiro atoms. The quantitative estimate of drug-likeness (QED) is 0.0373. The highest BCUT2D eigenvalue weighted by molar-refractivity contribution is 5.69. The molecule has 0 aromatic heterocycles. The minimum atomic E-state index is -0.514. The largest absolute Gasteiger partial charge is 0.466 e. The Kier molecular flexibility index (Phi) is 39.6. The molecule has 1 amide bonds.